The lowest BCUT2D eigenvalue weighted by atomic mass is 10.0. The Bertz CT molecular complexity index is 558. The molecular formula is C15H22NO5P. The van der Waals surface area contributed by atoms with E-state index >= 15 is 0 Å². The molecule has 0 aliphatic carbocycles. The molecule has 0 heterocycles. The Hall–Kier alpha value is -1.65. The third kappa shape index (κ3) is 6.87. The van der Waals surface area contributed by atoms with E-state index in [9.17, 15) is 19.0 Å². The number of aliphatic carboxylic acids is 1. The fourth-order valence-electron chi connectivity index (χ4n) is 2.23. The quantitative estimate of drug-likeness (QED) is 0.635. The molecule has 2 unspecified atom stereocenters. The van der Waals surface area contributed by atoms with E-state index in [-0.39, 0.29) is 18.0 Å². The highest BCUT2D eigenvalue weighted by Crippen LogP contribution is 2.41. The van der Waals surface area contributed by atoms with Gasteiger partial charge in [-0.05, 0) is 24.5 Å². The molecule has 0 aliphatic rings. The van der Waals surface area contributed by atoms with Crippen molar-refractivity contribution >= 4 is 19.2 Å². The van der Waals surface area contributed by atoms with Gasteiger partial charge in [0.2, 0.25) is 7.37 Å². The van der Waals surface area contributed by atoms with Crippen LogP contribution in [-0.4, -0.2) is 40.2 Å². The van der Waals surface area contributed by atoms with Crippen LogP contribution in [0.5, 0.6) is 0 Å². The summed E-state index contributed by atoms with van der Waals surface area (Å²) in [6.45, 7) is 3.86. The third-order valence-corrected chi connectivity index (χ3v) is 4.79. The fraction of sp³-hybridized carbons (Fsp3) is 0.467. The zero-order chi connectivity index (χ0) is 16.8. The van der Waals surface area contributed by atoms with Gasteiger partial charge in [0.1, 0.15) is 6.16 Å². The molecule has 122 valence electrons. The zero-order valence-corrected chi connectivity index (χ0v) is 13.6. The van der Waals surface area contributed by atoms with Gasteiger partial charge in [-0.1, -0.05) is 32.0 Å². The van der Waals surface area contributed by atoms with Crippen molar-refractivity contribution in [3.8, 4) is 0 Å². The average Bonchev–Trinajstić information content (AvgIpc) is 2.36. The second-order valence-electron chi connectivity index (χ2n) is 5.75. The summed E-state index contributed by atoms with van der Waals surface area (Å²) in [7, 11) is -3.82. The Balaban J connectivity index is 2.78. The first kappa shape index (κ1) is 18.4. The maximum absolute atomic E-state index is 12.1. The Morgan fingerprint density at radius 2 is 1.82 bits per heavy atom. The van der Waals surface area contributed by atoms with Crippen molar-refractivity contribution < 1.29 is 24.2 Å². The van der Waals surface area contributed by atoms with Crippen LogP contribution in [0.15, 0.2) is 30.3 Å². The molecule has 0 radical (unpaired) electrons. The summed E-state index contributed by atoms with van der Waals surface area (Å²) in [6.07, 6.45) is -0.526. The van der Waals surface area contributed by atoms with Crippen molar-refractivity contribution in [2.45, 2.75) is 26.3 Å². The first-order valence-electron chi connectivity index (χ1n) is 7.08. The number of carboxylic acid groups (broad SMARTS) is 1. The van der Waals surface area contributed by atoms with Crippen LogP contribution in [0.25, 0.3) is 0 Å². The zero-order valence-electron chi connectivity index (χ0n) is 12.7. The van der Waals surface area contributed by atoms with Gasteiger partial charge in [-0.3, -0.25) is 14.2 Å². The van der Waals surface area contributed by atoms with E-state index in [1.807, 2.05) is 13.8 Å². The lowest BCUT2D eigenvalue weighted by molar-refractivity contribution is -0.134. The lowest BCUT2D eigenvalue weighted by Crippen LogP contribution is -2.38. The second kappa shape index (κ2) is 8.11. The van der Waals surface area contributed by atoms with Gasteiger partial charge in [0.15, 0.2) is 0 Å². The van der Waals surface area contributed by atoms with Crippen LogP contribution in [0.4, 0.5) is 0 Å². The van der Waals surface area contributed by atoms with Crippen LogP contribution in [0, 0.1) is 5.92 Å². The number of rotatable bonds is 8. The van der Waals surface area contributed by atoms with E-state index in [4.69, 9.17) is 5.11 Å². The molecule has 1 amide bonds. The summed E-state index contributed by atoms with van der Waals surface area (Å²) in [5.41, 5.74) is 0.460. The van der Waals surface area contributed by atoms with Gasteiger partial charge in [-0.2, -0.15) is 0 Å². The molecule has 0 fully saturated rings. The molecule has 22 heavy (non-hydrogen) atoms. The van der Waals surface area contributed by atoms with E-state index in [2.05, 4.69) is 5.32 Å². The van der Waals surface area contributed by atoms with E-state index in [1.165, 1.54) is 0 Å². The second-order valence-corrected chi connectivity index (χ2v) is 8.12. The molecule has 0 spiro atoms. The first-order valence-corrected chi connectivity index (χ1v) is 9.11. The predicted molar refractivity (Wildman–Crippen MR) is 84.3 cm³/mol. The van der Waals surface area contributed by atoms with Crippen molar-refractivity contribution in [1.29, 1.82) is 0 Å². The van der Waals surface area contributed by atoms with Crippen LogP contribution in [0.2, 0.25) is 0 Å². The monoisotopic (exact) mass is 327 g/mol. The number of amides is 1. The minimum atomic E-state index is -3.82. The van der Waals surface area contributed by atoms with Gasteiger partial charge in [0.05, 0.1) is 0 Å². The minimum absolute atomic E-state index is 0.200. The van der Waals surface area contributed by atoms with Gasteiger partial charge in [-0.15, -0.1) is 0 Å². The van der Waals surface area contributed by atoms with Gasteiger partial charge in [0, 0.05) is 17.8 Å². The number of carbonyl (C=O) groups excluding carboxylic acids is 1. The third-order valence-electron chi connectivity index (χ3n) is 3.02. The Morgan fingerprint density at radius 1 is 1.23 bits per heavy atom. The maximum atomic E-state index is 12.1. The highest BCUT2D eigenvalue weighted by molar-refractivity contribution is 7.59. The standard InChI is InChI=1S/C15H22NO5P/c1-11(2)8-13(9-22(20,21)10-14(17)18)16-15(19)12-6-4-3-5-7-12/h3-7,11,13H,8-10H2,1-2H3,(H,16,19)(H,17,18)(H,20,21). The molecule has 1 aromatic carbocycles. The average molecular weight is 327 g/mol. The van der Waals surface area contributed by atoms with Crippen LogP contribution in [-0.2, 0) is 9.36 Å². The summed E-state index contributed by atoms with van der Waals surface area (Å²) in [4.78, 5) is 32.6. The fourth-order valence-corrected chi connectivity index (χ4v) is 3.71. The molecule has 1 aromatic rings. The molecule has 7 heteroatoms. The molecule has 6 nitrogen and oxygen atoms in total. The van der Waals surface area contributed by atoms with Gasteiger partial charge < -0.3 is 15.3 Å². The summed E-state index contributed by atoms with van der Waals surface area (Å²) in [5.74, 6) is -1.45. The molecule has 0 saturated heterocycles. The maximum Gasteiger partial charge on any atom is 0.313 e. The minimum Gasteiger partial charge on any atom is -0.481 e. The molecule has 0 aliphatic heterocycles. The molecule has 3 N–H and O–H groups in total. The SMILES string of the molecule is CC(C)CC(CP(=O)(O)CC(=O)O)NC(=O)c1ccccc1. The summed E-state index contributed by atoms with van der Waals surface area (Å²) < 4.78 is 12.0. The van der Waals surface area contributed by atoms with Crippen molar-refractivity contribution in [1.82, 2.24) is 5.32 Å². The summed E-state index contributed by atoms with van der Waals surface area (Å²) in [6, 6.07) is 8.01. The summed E-state index contributed by atoms with van der Waals surface area (Å²) in [5, 5.41) is 11.4. The number of benzene rings is 1. The smallest absolute Gasteiger partial charge is 0.313 e. The highest BCUT2D eigenvalue weighted by Gasteiger charge is 2.28. The number of hydrogen-bond donors (Lipinski definition) is 3. The van der Waals surface area contributed by atoms with Crippen molar-refractivity contribution in [3.63, 3.8) is 0 Å². The predicted octanol–water partition coefficient (Wildman–Crippen LogP) is 2.19. The van der Waals surface area contributed by atoms with E-state index < -0.39 is 25.5 Å². The number of carboxylic acids is 1. The topological polar surface area (TPSA) is 104 Å². The van der Waals surface area contributed by atoms with Gasteiger partial charge >= 0.3 is 5.97 Å². The Morgan fingerprint density at radius 3 is 2.32 bits per heavy atom. The van der Waals surface area contributed by atoms with Crippen molar-refractivity contribution in [2.24, 2.45) is 5.92 Å². The normalized spacial score (nSPS) is 15.1. The van der Waals surface area contributed by atoms with Crippen LogP contribution in [0.3, 0.4) is 0 Å². The largest absolute Gasteiger partial charge is 0.481 e. The van der Waals surface area contributed by atoms with Crippen LogP contribution in [0.1, 0.15) is 30.6 Å². The first-order chi connectivity index (χ1) is 10.2. The highest BCUT2D eigenvalue weighted by atomic mass is 31.2. The lowest BCUT2D eigenvalue weighted by Gasteiger charge is -2.22. The molecule has 2 atom stereocenters. The molecular weight excluding hydrogens is 305 g/mol. The Kier molecular flexibility index (Phi) is 6.78. The van der Waals surface area contributed by atoms with Crippen LogP contribution < -0.4 is 5.32 Å². The van der Waals surface area contributed by atoms with E-state index in [0.717, 1.165) is 0 Å². The molecule has 0 aromatic heterocycles. The van der Waals surface area contributed by atoms with Crippen LogP contribution >= 0.6 is 7.37 Å². The number of carbonyl (C=O) groups is 2. The van der Waals surface area contributed by atoms with Crippen molar-refractivity contribution in [2.75, 3.05) is 12.3 Å². The van der Waals surface area contributed by atoms with E-state index in [1.54, 1.807) is 30.3 Å². The van der Waals surface area contributed by atoms with Gasteiger partial charge in [-0.25, -0.2) is 0 Å². The van der Waals surface area contributed by atoms with Gasteiger partial charge in [0.25, 0.3) is 5.91 Å². The Labute approximate surface area is 130 Å². The number of hydrogen-bond acceptors (Lipinski definition) is 3. The summed E-state index contributed by atoms with van der Waals surface area (Å²) >= 11 is 0. The number of nitrogens with one attached hydrogen (secondary N) is 1. The molecule has 0 saturated carbocycles. The molecule has 1 rings (SSSR count). The molecule has 0 bridgehead atoms. The van der Waals surface area contributed by atoms with E-state index in [0.29, 0.717) is 12.0 Å². The van der Waals surface area contributed by atoms with Crippen molar-refractivity contribution in [3.05, 3.63) is 35.9 Å².